The minimum Gasteiger partial charge on any atom is -0.394 e. The van der Waals surface area contributed by atoms with Crippen LogP contribution in [0.4, 0.5) is 19.3 Å². The van der Waals surface area contributed by atoms with Gasteiger partial charge in [0, 0.05) is 27.2 Å². The Balaban J connectivity index is 2.71. The molecule has 0 unspecified atom stereocenters. The first-order valence-electron chi connectivity index (χ1n) is 5.85. The van der Waals surface area contributed by atoms with Crippen LogP contribution in [0.3, 0.4) is 0 Å². The third kappa shape index (κ3) is 4.26. The van der Waals surface area contributed by atoms with Gasteiger partial charge in [-0.3, -0.25) is 0 Å². The number of carbonyl (C=O) groups excluding carboxylic acids is 1. The van der Waals surface area contributed by atoms with Crippen LogP contribution in [0, 0.1) is 11.6 Å². The molecule has 1 aromatic rings. The Morgan fingerprint density at radius 3 is 2.48 bits per heavy atom. The summed E-state index contributed by atoms with van der Waals surface area (Å²) in [7, 11) is -1.14. The van der Waals surface area contributed by atoms with Crippen LogP contribution in [0.5, 0.6) is 0 Å². The number of amides is 2. The number of hydrogen-bond donors (Lipinski definition) is 3. The number of rotatable bonds is 5. The molecule has 0 saturated heterocycles. The maximum Gasteiger partial charge on any atom is 0.316 e. The molecule has 0 atom stereocenters. The van der Waals surface area contributed by atoms with Gasteiger partial charge in [-0.25, -0.2) is 26.7 Å². The van der Waals surface area contributed by atoms with Gasteiger partial charge in [0.2, 0.25) is 10.0 Å². The number of carbonyl (C=O) groups is 1. The first-order valence-corrected chi connectivity index (χ1v) is 7.33. The summed E-state index contributed by atoms with van der Waals surface area (Å²) in [5.41, 5.74) is 4.24. The summed E-state index contributed by atoms with van der Waals surface area (Å²) in [6, 6.07) is 1.15. The fourth-order valence-electron chi connectivity index (χ4n) is 1.35. The largest absolute Gasteiger partial charge is 0.394 e. The predicted octanol–water partition coefficient (Wildman–Crippen LogP) is 0.0965. The Morgan fingerprint density at radius 2 is 1.90 bits per heavy atom. The molecule has 0 bridgehead atoms. The summed E-state index contributed by atoms with van der Waals surface area (Å²) in [4.78, 5) is 11.7. The van der Waals surface area contributed by atoms with Gasteiger partial charge in [-0.2, -0.15) is 0 Å². The van der Waals surface area contributed by atoms with E-state index in [9.17, 15) is 22.0 Å². The molecule has 0 spiro atoms. The van der Waals surface area contributed by atoms with Gasteiger partial charge in [-0.05, 0) is 12.1 Å². The van der Waals surface area contributed by atoms with Crippen molar-refractivity contribution in [2.45, 2.75) is 4.90 Å². The minimum atomic E-state index is -4.18. The van der Waals surface area contributed by atoms with E-state index < -0.39 is 38.3 Å². The molecule has 0 radical (unpaired) electrons. The van der Waals surface area contributed by atoms with Gasteiger partial charge in [-0.1, -0.05) is 0 Å². The minimum absolute atomic E-state index is 0.00847. The molecule has 4 N–H and O–H groups in total. The van der Waals surface area contributed by atoms with Crippen molar-refractivity contribution in [2.75, 3.05) is 32.9 Å². The highest BCUT2D eigenvalue weighted by Gasteiger charge is 2.22. The first kappa shape index (κ1) is 17.1. The molecule has 1 rings (SSSR count). The van der Waals surface area contributed by atoms with E-state index in [1.165, 1.54) is 19.0 Å². The lowest BCUT2D eigenvalue weighted by atomic mass is 10.3. The zero-order valence-electron chi connectivity index (χ0n) is 11.5. The van der Waals surface area contributed by atoms with E-state index in [0.717, 1.165) is 12.1 Å². The van der Waals surface area contributed by atoms with Crippen molar-refractivity contribution in [1.82, 2.24) is 14.9 Å². The van der Waals surface area contributed by atoms with Crippen LogP contribution >= 0.6 is 0 Å². The van der Waals surface area contributed by atoms with Crippen LogP contribution in [-0.4, -0.2) is 46.5 Å². The van der Waals surface area contributed by atoms with Crippen molar-refractivity contribution in [1.29, 1.82) is 0 Å². The van der Waals surface area contributed by atoms with Gasteiger partial charge < -0.3 is 16.0 Å². The highest BCUT2D eigenvalue weighted by molar-refractivity contribution is 7.89. The standard InChI is InChI=1S/C11H16F2N4O3S/c1-17(2)11(18)15-5-6-16-21(19,20)8-4-3-7(12)10(14)9(8)13/h3-4,16H,5-6,14H2,1-2H3,(H,15,18). The molecule has 0 saturated carbocycles. The third-order valence-corrected chi connectivity index (χ3v) is 3.96. The Morgan fingerprint density at radius 1 is 1.29 bits per heavy atom. The Labute approximate surface area is 121 Å². The van der Waals surface area contributed by atoms with Crippen LogP contribution in [0.2, 0.25) is 0 Å². The molecule has 0 aromatic heterocycles. The van der Waals surface area contributed by atoms with Crippen molar-refractivity contribution in [2.24, 2.45) is 0 Å². The molecule has 0 aliphatic rings. The number of urea groups is 1. The quantitative estimate of drug-likeness (QED) is 0.528. The van der Waals surface area contributed by atoms with Crippen LogP contribution in [0.1, 0.15) is 0 Å². The molecule has 7 nitrogen and oxygen atoms in total. The molecule has 0 fully saturated rings. The van der Waals surface area contributed by atoms with Crippen molar-refractivity contribution < 1.29 is 22.0 Å². The molecule has 0 aliphatic carbocycles. The average Bonchev–Trinajstić information content (AvgIpc) is 2.40. The molecule has 1 aromatic carbocycles. The SMILES string of the molecule is CN(C)C(=O)NCCNS(=O)(=O)c1ccc(F)c(N)c1F. The summed E-state index contributed by atoms with van der Waals surface area (Å²) in [6.45, 7) is -0.146. The normalized spacial score (nSPS) is 11.2. The lowest BCUT2D eigenvalue weighted by molar-refractivity contribution is 0.217. The number of nitrogens with one attached hydrogen (secondary N) is 2. The number of hydrogen-bond acceptors (Lipinski definition) is 4. The molecule has 10 heteroatoms. The van der Waals surface area contributed by atoms with Crippen molar-refractivity contribution in [3.63, 3.8) is 0 Å². The van der Waals surface area contributed by atoms with Crippen molar-refractivity contribution in [3.05, 3.63) is 23.8 Å². The Hall–Kier alpha value is -1.94. The Bertz CT molecular complexity index is 635. The summed E-state index contributed by atoms with van der Waals surface area (Å²) in [5.74, 6) is -2.38. The van der Waals surface area contributed by atoms with Crippen molar-refractivity contribution in [3.8, 4) is 0 Å². The van der Waals surface area contributed by atoms with Gasteiger partial charge in [0.15, 0.2) is 5.82 Å². The number of nitrogen functional groups attached to an aromatic ring is 1. The molecular weight excluding hydrogens is 306 g/mol. The smallest absolute Gasteiger partial charge is 0.316 e. The lowest BCUT2D eigenvalue weighted by Gasteiger charge is -2.13. The molecule has 0 heterocycles. The molecule has 0 aliphatic heterocycles. The highest BCUT2D eigenvalue weighted by Crippen LogP contribution is 2.22. The third-order valence-electron chi connectivity index (χ3n) is 2.48. The van der Waals surface area contributed by atoms with E-state index in [0.29, 0.717) is 0 Å². The van der Waals surface area contributed by atoms with Gasteiger partial charge in [0.05, 0.1) is 0 Å². The second-order valence-corrected chi connectivity index (χ2v) is 6.03. The maximum atomic E-state index is 13.6. The molecule has 118 valence electrons. The van der Waals surface area contributed by atoms with Crippen LogP contribution in [0.15, 0.2) is 17.0 Å². The molecular formula is C11H16F2N4O3S. The van der Waals surface area contributed by atoms with E-state index >= 15 is 0 Å². The second-order valence-electron chi connectivity index (χ2n) is 4.30. The van der Waals surface area contributed by atoms with E-state index in [1.54, 1.807) is 0 Å². The summed E-state index contributed by atoms with van der Waals surface area (Å²) in [6.07, 6.45) is 0. The van der Waals surface area contributed by atoms with Gasteiger partial charge in [0.1, 0.15) is 16.4 Å². The van der Waals surface area contributed by atoms with Gasteiger partial charge in [0.25, 0.3) is 0 Å². The first-order chi connectivity index (χ1) is 9.66. The second kappa shape index (κ2) is 6.68. The fourth-order valence-corrected chi connectivity index (χ4v) is 2.47. The number of halogens is 2. The van der Waals surface area contributed by atoms with Crippen LogP contribution < -0.4 is 15.8 Å². The van der Waals surface area contributed by atoms with E-state index in [4.69, 9.17) is 5.73 Å². The summed E-state index contributed by atoms with van der Waals surface area (Å²) in [5, 5.41) is 2.42. The van der Waals surface area contributed by atoms with E-state index in [-0.39, 0.29) is 13.1 Å². The highest BCUT2D eigenvalue weighted by atomic mass is 32.2. The van der Waals surface area contributed by atoms with Gasteiger partial charge >= 0.3 is 6.03 Å². The number of nitrogens with zero attached hydrogens (tertiary/aromatic N) is 1. The van der Waals surface area contributed by atoms with Crippen molar-refractivity contribution >= 4 is 21.7 Å². The number of nitrogens with two attached hydrogens (primary N) is 1. The Kier molecular flexibility index (Phi) is 5.44. The number of benzene rings is 1. The average molecular weight is 322 g/mol. The zero-order valence-corrected chi connectivity index (χ0v) is 12.3. The molecule has 2 amide bonds. The predicted molar refractivity (Wildman–Crippen MR) is 73.0 cm³/mol. The lowest BCUT2D eigenvalue weighted by Crippen LogP contribution is -2.39. The monoisotopic (exact) mass is 322 g/mol. The number of anilines is 1. The maximum absolute atomic E-state index is 13.6. The number of sulfonamides is 1. The van der Waals surface area contributed by atoms with Gasteiger partial charge in [-0.15, -0.1) is 0 Å². The molecule has 21 heavy (non-hydrogen) atoms. The topological polar surface area (TPSA) is 105 Å². The van der Waals surface area contributed by atoms with E-state index in [1.807, 2.05) is 0 Å². The fraction of sp³-hybridized carbons (Fsp3) is 0.364. The van der Waals surface area contributed by atoms with E-state index in [2.05, 4.69) is 10.0 Å². The van der Waals surface area contributed by atoms with Crippen LogP contribution in [0.25, 0.3) is 0 Å². The summed E-state index contributed by atoms with van der Waals surface area (Å²) < 4.78 is 52.4. The van der Waals surface area contributed by atoms with Crippen LogP contribution in [-0.2, 0) is 10.0 Å². The zero-order chi connectivity index (χ0) is 16.2. The summed E-state index contributed by atoms with van der Waals surface area (Å²) >= 11 is 0.